The maximum Gasteiger partial charge on any atom is 0.144 e. The van der Waals surface area contributed by atoms with E-state index in [9.17, 15) is 4.39 Å². The highest BCUT2D eigenvalue weighted by Gasteiger charge is 2.11. The van der Waals surface area contributed by atoms with Crippen molar-refractivity contribution in [2.24, 2.45) is 0 Å². The van der Waals surface area contributed by atoms with Crippen LogP contribution in [0.1, 0.15) is 5.69 Å². The van der Waals surface area contributed by atoms with Gasteiger partial charge in [-0.2, -0.15) is 0 Å². The molecule has 3 N–H and O–H groups in total. The highest BCUT2D eigenvalue weighted by Crippen LogP contribution is 2.33. The van der Waals surface area contributed by atoms with Crippen LogP contribution < -0.4 is 20.5 Å². The van der Waals surface area contributed by atoms with Crippen molar-refractivity contribution in [3.8, 4) is 11.5 Å². The molecule has 4 rings (SSSR count). The van der Waals surface area contributed by atoms with Crippen molar-refractivity contribution >= 4 is 39.7 Å². The predicted molar refractivity (Wildman–Crippen MR) is 119 cm³/mol. The number of benzene rings is 2. The first kappa shape index (κ1) is 20.6. The van der Waals surface area contributed by atoms with E-state index in [0.717, 1.165) is 5.69 Å². The average molecular weight is 440 g/mol. The second kappa shape index (κ2) is 9.44. The molecule has 158 valence electrons. The summed E-state index contributed by atoms with van der Waals surface area (Å²) in [6, 6.07) is 14.3. The Bertz CT molecular complexity index is 1190. The number of nitrogens with two attached hydrogens (primary N) is 1. The van der Waals surface area contributed by atoms with E-state index in [0.29, 0.717) is 51.2 Å². The van der Waals surface area contributed by atoms with Gasteiger partial charge >= 0.3 is 0 Å². The van der Waals surface area contributed by atoms with Crippen LogP contribution >= 0.6 is 11.6 Å². The summed E-state index contributed by atoms with van der Waals surface area (Å²) in [6.07, 6.45) is 3.13. The van der Waals surface area contributed by atoms with Gasteiger partial charge in [0.2, 0.25) is 0 Å². The van der Waals surface area contributed by atoms with E-state index in [1.807, 2.05) is 24.3 Å². The van der Waals surface area contributed by atoms with E-state index in [-0.39, 0.29) is 6.61 Å². The molecule has 0 aliphatic rings. The van der Waals surface area contributed by atoms with Crippen LogP contribution in [0.5, 0.6) is 11.5 Å². The number of nitrogen functional groups attached to an aromatic ring is 1. The molecule has 9 heteroatoms. The van der Waals surface area contributed by atoms with Crippen molar-refractivity contribution in [1.82, 2.24) is 15.0 Å². The third-order valence-corrected chi connectivity index (χ3v) is 4.69. The number of aromatic nitrogens is 3. The summed E-state index contributed by atoms with van der Waals surface area (Å²) in [6.45, 7) is -0.356. The lowest BCUT2D eigenvalue weighted by molar-refractivity contribution is 0.275. The van der Waals surface area contributed by atoms with Gasteiger partial charge in [0.25, 0.3) is 0 Å². The number of anilines is 3. The maximum atomic E-state index is 12.4. The zero-order chi connectivity index (χ0) is 21.6. The average Bonchev–Trinajstić information content (AvgIpc) is 2.78. The van der Waals surface area contributed by atoms with E-state index in [1.54, 1.807) is 30.5 Å². The van der Waals surface area contributed by atoms with Crippen molar-refractivity contribution in [2.45, 2.75) is 6.61 Å². The molecule has 0 aliphatic carbocycles. The third-order valence-electron chi connectivity index (χ3n) is 4.40. The third kappa shape index (κ3) is 4.92. The number of hydrogen-bond donors (Lipinski definition) is 2. The van der Waals surface area contributed by atoms with Crippen LogP contribution in [0.25, 0.3) is 10.9 Å². The standard InChI is InChI=1S/C22H19ClFN5O2/c23-17-9-14(4-5-20(17)31-12-15-3-1-2-7-26-15)29-22-16-10-18(25)21(30-8-6-24)11-19(16)27-13-28-22/h1-5,7,9-11,13H,6,8,12,25H2,(H,27,28,29). The summed E-state index contributed by atoms with van der Waals surface area (Å²) < 4.78 is 23.5. The van der Waals surface area contributed by atoms with Crippen molar-refractivity contribution in [3.05, 3.63) is 71.8 Å². The Balaban J connectivity index is 1.53. The monoisotopic (exact) mass is 439 g/mol. The highest BCUT2D eigenvalue weighted by molar-refractivity contribution is 6.32. The topological polar surface area (TPSA) is 95.2 Å². The molecule has 0 saturated carbocycles. The summed E-state index contributed by atoms with van der Waals surface area (Å²) in [7, 11) is 0. The Morgan fingerprint density at radius 1 is 1.00 bits per heavy atom. The first-order valence-corrected chi connectivity index (χ1v) is 9.84. The molecule has 0 amide bonds. The molecule has 0 spiro atoms. The molecule has 0 radical (unpaired) electrons. The SMILES string of the molecule is Nc1cc2c(Nc3ccc(OCc4ccccn4)c(Cl)c3)ncnc2cc1OCCF. The van der Waals surface area contributed by atoms with Gasteiger partial charge < -0.3 is 20.5 Å². The minimum absolute atomic E-state index is 0.0703. The summed E-state index contributed by atoms with van der Waals surface area (Å²) in [4.78, 5) is 12.8. The van der Waals surface area contributed by atoms with Gasteiger partial charge in [0, 0.05) is 23.3 Å². The molecule has 0 unspecified atom stereocenters. The van der Waals surface area contributed by atoms with E-state index in [2.05, 4.69) is 20.3 Å². The van der Waals surface area contributed by atoms with Gasteiger partial charge in [-0.3, -0.25) is 4.98 Å². The van der Waals surface area contributed by atoms with Gasteiger partial charge in [-0.25, -0.2) is 14.4 Å². The van der Waals surface area contributed by atoms with Gasteiger partial charge in [-0.1, -0.05) is 17.7 Å². The highest BCUT2D eigenvalue weighted by atomic mass is 35.5. The Labute approximate surface area is 183 Å². The van der Waals surface area contributed by atoms with Gasteiger partial charge in [0.1, 0.15) is 43.5 Å². The lowest BCUT2D eigenvalue weighted by atomic mass is 10.2. The predicted octanol–water partition coefficient (Wildman–Crippen LogP) is 4.93. The second-order valence-corrected chi connectivity index (χ2v) is 6.95. The molecule has 31 heavy (non-hydrogen) atoms. The molecule has 4 aromatic rings. The second-order valence-electron chi connectivity index (χ2n) is 6.55. The van der Waals surface area contributed by atoms with Crippen LogP contribution in [-0.4, -0.2) is 28.2 Å². The molecular formula is C22H19ClFN5O2. The van der Waals surface area contributed by atoms with Crippen LogP contribution in [0.3, 0.4) is 0 Å². The first-order chi connectivity index (χ1) is 15.1. The van der Waals surface area contributed by atoms with Gasteiger partial charge in [0.15, 0.2) is 0 Å². The van der Waals surface area contributed by atoms with Crippen molar-refractivity contribution in [2.75, 3.05) is 24.3 Å². The largest absolute Gasteiger partial charge is 0.489 e. The Kier molecular flexibility index (Phi) is 6.28. The van der Waals surface area contributed by atoms with Gasteiger partial charge in [-0.15, -0.1) is 0 Å². The molecular weight excluding hydrogens is 421 g/mol. The molecule has 7 nitrogen and oxygen atoms in total. The lowest BCUT2D eigenvalue weighted by Gasteiger charge is -2.13. The number of fused-ring (bicyclic) bond motifs is 1. The molecule has 2 aromatic carbocycles. The van der Waals surface area contributed by atoms with Crippen LogP contribution in [-0.2, 0) is 6.61 Å². The summed E-state index contributed by atoms with van der Waals surface area (Å²) in [5.41, 5.74) is 8.55. The van der Waals surface area contributed by atoms with E-state index in [1.165, 1.54) is 6.33 Å². The molecule has 0 bridgehead atoms. The molecule has 0 fully saturated rings. The number of nitrogens with zero attached hydrogens (tertiary/aromatic N) is 3. The number of alkyl halides is 1. The van der Waals surface area contributed by atoms with E-state index >= 15 is 0 Å². The molecule has 2 heterocycles. The van der Waals surface area contributed by atoms with Crippen molar-refractivity contribution in [3.63, 3.8) is 0 Å². The van der Waals surface area contributed by atoms with Crippen molar-refractivity contribution < 1.29 is 13.9 Å². The Morgan fingerprint density at radius 2 is 1.90 bits per heavy atom. The number of halogens is 2. The van der Waals surface area contributed by atoms with Gasteiger partial charge in [0.05, 0.1) is 21.9 Å². The fraction of sp³-hybridized carbons (Fsp3) is 0.136. The number of ether oxygens (including phenoxy) is 2. The molecule has 0 saturated heterocycles. The van der Waals surface area contributed by atoms with Gasteiger partial charge in [-0.05, 0) is 36.4 Å². The Hall–Kier alpha value is -3.65. The lowest BCUT2D eigenvalue weighted by Crippen LogP contribution is -2.03. The van der Waals surface area contributed by atoms with E-state index < -0.39 is 6.67 Å². The zero-order valence-electron chi connectivity index (χ0n) is 16.4. The Morgan fingerprint density at radius 3 is 2.68 bits per heavy atom. The number of hydrogen-bond acceptors (Lipinski definition) is 7. The summed E-state index contributed by atoms with van der Waals surface area (Å²) >= 11 is 6.39. The minimum Gasteiger partial charge on any atom is -0.489 e. The molecule has 0 atom stereocenters. The number of pyridine rings is 1. The smallest absolute Gasteiger partial charge is 0.144 e. The van der Waals surface area contributed by atoms with Crippen LogP contribution in [0, 0.1) is 0 Å². The summed E-state index contributed by atoms with van der Waals surface area (Å²) in [5.74, 6) is 1.48. The van der Waals surface area contributed by atoms with Crippen LogP contribution in [0.4, 0.5) is 21.6 Å². The molecule has 0 aliphatic heterocycles. The fourth-order valence-electron chi connectivity index (χ4n) is 2.94. The quantitative estimate of drug-likeness (QED) is 0.376. The van der Waals surface area contributed by atoms with E-state index in [4.69, 9.17) is 26.8 Å². The van der Waals surface area contributed by atoms with Crippen LogP contribution in [0.15, 0.2) is 61.1 Å². The maximum absolute atomic E-state index is 12.4. The summed E-state index contributed by atoms with van der Waals surface area (Å²) in [5, 5.41) is 4.36. The number of rotatable bonds is 8. The number of nitrogens with one attached hydrogen (secondary N) is 1. The van der Waals surface area contributed by atoms with Crippen molar-refractivity contribution in [1.29, 1.82) is 0 Å². The normalized spacial score (nSPS) is 10.8. The fourth-order valence-corrected chi connectivity index (χ4v) is 3.18. The molecule has 2 aromatic heterocycles. The first-order valence-electron chi connectivity index (χ1n) is 9.46. The zero-order valence-corrected chi connectivity index (χ0v) is 17.1. The van der Waals surface area contributed by atoms with Crippen LogP contribution in [0.2, 0.25) is 5.02 Å². The minimum atomic E-state index is -0.601.